The lowest BCUT2D eigenvalue weighted by atomic mass is 10.1. The fourth-order valence-electron chi connectivity index (χ4n) is 2.70. The van der Waals surface area contributed by atoms with E-state index in [0.717, 1.165) is 32.4 Å². The zero-order valence-corrected chi connectivity index (χ0v) is 13.3. The number of thiazole rings is 1. The molecule has 1 fully saturated rings. The second-order valence-electron chi connectivity index (χ2n) is 5.50. The summed E-state index contributed by atoms with van der Waals surface area (Å²) in [6.45, 7) is 2.19. The number of benzene rings is 1. The van der Waals surface area contributed by atoms with Crippen LogP contribution in [0.25, 0.3) is 0 Å². The Morgan fingerprint density at radius 2 is 2.23 bits per heavy atom. The Labute approximate surface area is 134 Å². The summed E-state index contributed by atoms with van der Waals surface area (Å²) in [5.74, 6) is 0.0247. The monoisotopic (exact) mass is 316 g/mol. The summed E-state index contributed by atoms with van der Waals surface area (Å²) in [5, 5.41) is 1.80. The van der Waals surface area contributed by atoms with E-state index in [-0.39, 0.29) is 12.0 Å². The molecule has 0 aliphatic carbocycles. The highest BCUT2D eigenvalue weighted by atomic mass is 32.1. The summed E-state index contributed by atoms with van der Waals surface area (Å²) in [5.41, 5.74) is 3.59. The van der Waals surface area contributed by atoms with Crippen molar-refractivity contribution in [2.75, 3.05) is 19.7 Å². The Morgan fingerprint density at radius 3 is 3.00 bits per heavy atom. The lowest BCUT2D eigenvalue weighted by Crippen LogP contribution is -2.30. The fourth-order valence-corrected chi connectivity index (χ4v) is 3.23. The molecule has 0 spiro atoms. The van der Waals surface area contributed by atoms with E-state index in [9.17, 15) is 4.79 Å². The maximum Gasteiger partial charge on any atom is 0.273 e. The highest BCUT2D eigenvalue weighted by Crippen LogP contribution is 2.16. The third-order valence-electron chi connectivity index (χ3n) is 3.89. The number of carbonyl (C=O) groups excluding carboxylic acids is 1. The average molecular weight is 316 g/mol. The Kier molecular flexibility index (Phi) is 5.19. The Morgan fingerprint density at radius 1 is 1.36 bits per heavy atom. The molecule has 1 amide bonds. The molecule has 0 radical (unpaired) electrons. The van der Waals surface area contributed by atoms with E-state index in [1.165, 1.54) is 16.9 Å². The van der Waals surface area contributed by atoms with Gasteiger partial charge in [0.2, 0.25) is 0 Å². The van der Waals surface area contributed by atoms with E-state index in [1.807, 2.05) is 11.0 Å². The number of aromatic nitrogens is 1. The molecule has 22 heavy (non-hydrogen) atoms. The van der Waals surface area contributed by atoms with Crippen molar-refractivity contribution >= 4 is 17.2 Å². The summed E-state index contributed by atoms with van der Waals surface area (Å²) in [7, 11) is 0. The smallest absolute Gasteiger partial charge is 0.273 e. The highest BCUT2D eigenvalue weighted by Gasteiger charge is 2.28. The summed E-state index contributed by atoms with van der Waals surface area (Å²) >= 11 is 1.45. The van der Waals surface area contributed by atoms with Gasteiger partial charge in [-0.25, -0.2) is 4.98 Å². The molecule has 1 aromatic heterocycles. The standard InChI is InChI=1S/C17H20N2O2S/c20-17(16-12-22-13-18-16)19-9-8-15(11-19)21-10-4-7-14-5-2-1-3-6-14/h1-3,5-6,12-13,15H,4,7-11H2/t15-/m1/s1. The van der Waals surface area contributed by atoms with Crippen molar-refractivity contribution in [1.29, 1.82) is 0 Å². The Hall–Kier alpha value is -1.72. The number of hydrogen-bond acceptors (Lipinski definition) is 4. The number of amides is 1. The molecular formula is C17H20N2O2S. The van der Waals surface area contributed by atoms with Gasteiger partial charge in [-0.3, -0.25) is 4.79 Å². The molecule has 1 aromatic carbocycles. The van der Waals surface area contributed by atoms with E-state index in [4.69, 9.17) is 4.74 Å². The number of aryl methyl sites for hydroxylation is 1. The second kappa shape index (κ2) is 7.51. The second-order valence-corrected chi connectivity index (χ2v) is 6.21. The van der Waals surface area contributed by atoms with Crippen LogP contribution in [0.4, 0.5) is 0 Å². The fraction of sp³-hybridized carbons (Fsp3) is 0.412. The minimum atomic E-state index is 0.0247. The van der Waals surface area contributed by atoms with Crippen LogP contribution in [-0.4, -0.2) is 41.6 Å². The number of hydrogen-bond donors (Lipinski definition) is 0. The molecule has 0 saturated carbocycles. The summed E-state index contributed by atoms with van der Waals surface area (Å²) in [6.07, 6.45) is 3.13. The average Bonchev–Trinajstić information content (AvgIpc) is 3.24. The maximum absolute atomic E-state index is 12.2. The van der Waals surface area contributed by atoms with Gasteiger partial charge in [-0.1, -0.05) is 30.3 Å². The molecule has 1 aliphatic rings. The number of likely N-dealkylation sites (tertiary alicyclic amines) is 1. The third-order valence-corrected chi connectivity index (χ3v) is 4.48. The van der Waals surface area contributed by atoms with Crippen molar-refractivity contribution in [3.8, 4) is 0 Å². The van der Waals surface area contributed by atoms with Gasteiger partial charge >= 0.3 is 0 Å². The van der Waals surface area contributed by atoms with Gasteiger partial charge in [0.15, 0.2) is 0 Å². The van der Waals surface area contributed by atoms with Gasteiger partial charge in [-0.05, 0) is 24.8 Å². The van der Waals surface area contributed by atoms with Crippen LogP contribution in [0.3, 0.4) is 0 Å². The first-order chi connectivity index (χ1) is 10.8. The largest absolute Gasteiger partial charge is 0.376 e. The quantitative estimate of drug-likeness (QED) is 0.769. The molecule has 0 N–H and O–H groups in total. The maximum atomic E-state index is 12.2. The minimum Gasteiger partial charge on any atom is -0.376 e. The Balaban J connectivity index is 1.37. The molecule has 4 nitrogen and oxygen atoms in total. The third kappa shape index (κ3) is 3.93. The number of rotatable bonds is 6. The molecule has 0 unspecified atom stereocenters. The van der Waals surface area contributed by atoms with Crippen LogP contribution in [0.2, 0.25) is 0 Å². The Bertz CT molecular complexity index is 586. The molecule has 116 valence electrons. The van der Waals surface area contributed by atoms with Gasteiger partial charge < -0.3 is 9.64 Å². The topological polar surface area (TPSA) is 42.4 Å². The van der Waals surface area contributed by atoms with Gasteiger partial charge in [0.1, 0.15) is 5.69 Å². The first-order valence-electron chi connectivity index (χ1n) is 7.66. The summed E-state index contributed by atoms with van der Waals surface area (Å²) < 4.78 is 5.91. The zero-order chi connectivity index (χ0) is 15.2. The van der Waals surface area contributed by atoms with Gasteiger partial charge in [0.05, 0.1) is 11.6 Å². The SMILES string of the molecule is O=C(c1cscn1)N1CC[C@@H](OCCCc2ccccc2)C1. The van der Waals surface area contributed by atoms with Crippen LogP contribution < -0.4 is 0 Å². The van der Waals surface area contributed by atoms with Crippen molar-refractivity contribution in [2.45, 2.75) is 25.4 Å². The van der Waals surface area contributed by atoms with Crippen LogP contribution in [0.15, 0.2) is 41.2 Å². The van der Waals surface area contributed by atoms with E-state index >= 15 is 0 Å². The first-order valence-corrected chi connectivity index (χ1v) is 8.60. The van der Waals surface area contributed by atoms with Crippen LogP contribution in [0.5, 0.6) is 0 Å². The lowest BCUT2D eigenvalue weighted by molar-refractivity contribution is 0.0523. The van der Waals surface area contributed by atoms with Crippen molar-refractivity contribution in [3.63, 3.8) is 0 Å². The number of nitrogens with zero attached hydrogens (tertiary/aromatic N) is 2. The molecule has 3 rings (SSSR count). The van der Waals surface area contributed by atoms with Crippen LogP contribution in [-0.2, 0) is 11.2 Å². The first kappa shape index (κ1) is 15.2. The van der Waals surface area contributed by atoms with Gasteiger partial charge in [0, 0.05) is 25.1 Å². The van der Waals surface area contributed by atoms with E-state index < -0.39 is 0 Å². The predicted octanol–water partition coefficient (Wildman–Crippen LogP) is 3.01. The number of ether oxygens (including phenoxy) is 1. The molecule has 5 heteroatoms. The molecule has 0 bridgehead atoms. The van der Waals surface area contributed by atoms with Crippen molar-refractivity contribution in [3.05, 3.63) is 52.5 Å². The van der Waals surface area contributed by atoms with Crippen LogP contribution >= 0.6 is 11.3 Å². The number of carbonyl (C=O) groups is 1. The summed E-state index contributed by atoms with van der Waals surface area (Å²) in [6, 6.07) is 10.4. The van der Waals surface area contributed by atoms with Gasteiger partial charge in [-0.15, -0.1) is 11.3 Å². The molecule has 1 saturated heterocycles. The van der Waals surface area contributed by atoms with Crippen LogP contribution in [0, 0.1) is 0 Å². The molecular weight excluding hydrogens is 296 g/mol. The molecule has 2 heterocycles. The van der Waals surface area contributed by atoms with Crippen molar-refractivity contribution in [1.82, 2.24) is 9.88 Å². The summed E-state index contributed by atoms with van der Waals surface area (Å²) in [4.78, 5) is 18.1. The molecule has 1 atom stereocenters. The zero-order valence-electron chi connectivity index (χ0n) is 12.5. The normalized spacial score (nSPS) is 17.8. The van der Waals surface area contributed by atoms with E-state index in [0.29, 0.717) is 12.2 Å². The lowest BCUT2D eigenvalue weighted by Gasteiger charge is -2.15. The molecule has 1 aliphatic heterocycles. The molecule has 2 aromatic rings. The van der Waals surface area contributed by atoms with Crippen molar-refractivity contribution < 1.29 is 9.53 Å². The van der Waals surface area contributed by atoms with Crippen molar-refractivity contribution in [2.24, 2.45) is 0 Å². The predicted molar refractivity (Wildman–Crippen MR) is 87.1 cm³/mol. The van der Waals surface area contributed by atoms with Gasteiger partial charge in [0.25, 0.3) is 5.91 Å². The van der Waals surface area contributed by atoms with E-state index in [1.54, 1.807) is 10.9 Å². The van der Waals surface area contributed by atoms with E-state index in [2.05, 4.69) is 29.2 Å². The van der Waals surface area contributed by atoms with Crippen LogP contribution in [0.1, 0.15) is 28.9 Å². The minimum absolute atomic E-state index is 0.0247. The van der Waals surface area contributed by atoms with Gasteiger partial charge in [-0.2, -0.15) is 0 Å². The highest BCUT2D eigenvalue weighted by molar-refractivity contribution is 7.07.